The van der Waals surface area contributed by atoms with Crippen LogP contribution in [0.15, 0.2) is 18.5 Å². The zero-order valence-electron chi connectivity index (χ0n) is 7.70. The molecule has 72 valence electrons. The molecule has 2 aromatic heterocycles. The minimum Gasteiger partial charge on any atom is -0.311 e. The zero-order valence-corrected chi connectivity index (χ0v) is 7.70. The summed E-state index contributed by atoms with van der Waals surface area (Å²) in [5.74, 6) is 0.916. The number of H-pyrrole nitrogens is 1. The highest BCUT2D eigenvalue weighted by Crippen LogP contribution is 2.13. The van der Waals surface area contributed by atoms with E-state index >= 15 is 0 Å². The van der Waals surface area contributed by atoms with Crippen molar-refractivity contribution in [1.82, 2.24) is 25.3 Å². The minimum atomic E-state index is 0.871. The van der Waals surface area contributed by atoms with Gasteiger partial charge in [0.25, 0.3) is 0 Å². The molecule has 0 aromatic carbocycles. The van der Waals surface area contributed by atoms with Gasteiger partial charge < -0.3 is 5.32 Å². The quantitative estimate of drug-likeness (QED) is 0.675. The number of hydrogen-bond donors (Lipinski definition) is 2. The molecule has 1 aliphatic rings. The molecule has 14 heavy (non-hydrogen) atoms. The molecule has 0 bridgehead atoms. The second-order valence-electron chi connectivity index (χ2n) is 3.41. The molecule has 0 radical (unpaired) electrons. The molecule has 2 N–H and O–H groups in total. The fourth-order valence-electron chi connectivity index (χ4n) is 1.73. The molecule has 0 spiro atoms. The van der Waals surface area contributed by atoms with Crippen LogP contribution in [0.1, 0.15) is 11.3 Å². The Morgan fingerprint density at radius 1 is 1.43 bits per heavy atom. The van der Waals surface area contributed by atoms with Crippen LogP contribution in [0.25, 0.3) is 5.82 Å². The third-order valence-electron chi connectivity index (χ3n) is 2.47. The van der Waals surface area contributed by atoms with E-state index in [1.165, 1.54) is 5.56 Å². The van der Waals surface area contributed by atoms with Crippen LogP contribution in [0.4, 0.5) is 0 Å². The molecule has 0 amide bonds. The molecule has 3 rings (SSSR count). The van der Waals surface area contributed by atoms with Crippen molar-refractivity contribution in [2.45, 2.75) is 13.0 Å². The summed E-state index contributed by atoms with van der Waals surface area (Å²) >= 11 is 0. The maximum atomic E-state index is 4.48. The minimum absolute atomic E-state index is 0.871. The van der Waals surface area contributed by atoms with E-state index in [0.717, 1.165) is 31.0 Å². The lowest BCUT2D eigenvalue weighted by atomic mass is 10.1. The largest absolute Gasteiger partial charge is 0.311 e. The van der Waals surface area contributed by atoms with Crippen molar-refractivity contribution in [2.24, 2.45) is 0 Å². The Labute approximate surface area is 81.1 Å². The van der Waals surface area contributed by atoms with Crippen LogP contribution >= 0.6 is 0 Å². The summed E-state index contributed by atoms with van der Waals surface area (Å²) in [4.78, 5) is 0. The van der Waals surface area contributed by atoms with Crippen molar-refractivity contribution in [3.8, 4) is 5.82 Å². The van der Waals surface area contributed by atoms with Gasteiger partial charge in [0.05, 0.1) is 11.9 Å². The van der Waals surface area contributed by atoms with E-state index in [0.29, 0.717) is 0 Å². The second-order valence-corrected chi connectivity index (χ2v) is 3.41. The van der Waals surface area contributed by atoms with Gasteiger partial charge in [0.1, 0.15) is 5.82 Å². The number of rotatable bonds is 1. The molecule has 2 aromatic rings. The predicted octanol–water partition coefficient (Wildman–Crippen LogP) is 0.241. The zero-order chi connectivity index (χ0) is 9.38. The van der Waals surface area contributed by atoms with Gasteiger partial charge in [-0.05, 0) is 18.5 Å². The van der Waals surface area contributed by atoms with Gasteiger partial charge in [0, 0.05) is 18.8 Å². The van der Waals surface area contributed by atoms with Crippen molar-refractivity contribution in [3.63, 3.8) is 0 Å². The molecular formula is C9H11N5. The highest BCUT2D eigenvalue weighted by molar-refractivity contribution is 5.26. The van der Waals surface area contributed by atoms with Crippen molar-refractivity contribution in [2.75, 3.05) is 6.54 Å². The fourth-order valence-corrected chi connectivity index (χ4v) is 1.73. The lowest BCUT2D eigenvalue weighted by molar-refractivity contribution is 0.629. The third kappa shape index (κ3) is 1.13. The van der Waals surface area contributed by atoms with Gasteiger partial charge in [-0.3, -0.25) is 5.10 Å². The van der Waals surface area contributed by atoms with Gasteiger partial charge in [-0.2, -0.15) is 10.2 Å². The van der Waals surface area contributed by atoms with E-state index in [1.54, 1.807) is 6.20 Å². The third-order valence-corrected chi connectivity index (χ3v) is 2.47. The van der Waals surface area contributed by atoms with Crippen molar-refractivity contribution in [1.29, 1.82) is 0 Å². The van der Waals surface area contributed by atoms with Gasteiger partial charge in [0.15, 0.2) is 0 Å². The number of aromatic nitrogens is 4. The Bertz CT molecular complexity index is 405. The normalized spacial score (nSPS) is 15.4. The van der Waals surface area contributed by atoms with E-state index in [4.69, 9.17) is 0 Å². The first kappa shape index (κ1) is 7.75. The summed E-state index contributed by atoms with van der Waals surface area (Å²) < 4.78 is 1.85. The molecule has 0 fully saturated rings. The molecular weight excluding hydrogens is 178 g/mol. The Balaban J connectivity index is 2.04. The molecule has 0 atom stereocenters. The van der Waals surface area contributed by atoms with Gasteiger partial charge in [-0.1, -0.05) is 0 Å². The summed E-state index contributed by atoms with van der Waals surface area (Å²) in [6.45, 7) is 1.91. The van der Waals surface area contributed by atoms with Crippen LogP contribution in [-0.4, -0.2) is 26.5 Å². The summed E-state index contributed by atoms with van der Waals surface area (Å²) in [6.07, 6.45) is 4.86. The van der Waals surface area contributed by atoms with Crippen LogP contribution in [0, 0.1) is 0 Å². The molecule has 5 heteroatoms. The van der Waals surface area contributed by atoms with E-state index < -0.39 is 0 Å². The van der Waals surface area contributed by atoms with Gasteiger partial charge >= 0.3 is 0 Å². The Morgan fingerprint density at radius 2 is 2.43 bits per heavy atom. The van der Waals surface area contributed by atoms with Crippen molar-refractivity contribution >= 4 is 0 Å². The first-order valence-electron chi connectivity index (χ1n) is 4.71. The van der Waals surface area contributed by atoms with Crippen LogP contribution in [-0.2, 0) is 13.0 Å². The van der Waals surface area contributed by atoms with Crippen molar-refractivity contribution < 1.29 is 0 Å². The predicted molar refractivity (Wildman–Crippen MR) is 51.1 cm³/mol. The average Bonchev–Trinajstić information content (AvgIpc) is 2.86. The molecule has 5 nitrogen and oxygen atoms in total. The number of nitrogens with one attached hydrogen (secondary N) is 2. The molecule has 1 aliphatic heterocycles. The maximum Gasteiger partial charge on any atom is 0.149 e. The summed E-state index contributed by atoms with van der Waals surface area (Å²) in [5.41, 5.74) is 2.48. The second kappa shape index (κ2) is 2.95. The molecule has 0 unspecified atom stereocenters. The maximum absolute atomic E-state index is 4.48. The van der Waals surface area contributed by atoms with Crippen LogP contribution in [0.3, 0.4) is 0 Å². The molecule has 3 heterocycles. The average molecular weight is 189 g/mol. The van der Waals surface area contributed by atoms with Crippen LogP contribution in [0.5, 0.6) is 0 Å². The van der Waals surface area contributed by atoms with Gasteiger partial charge in [-0.15, -0.1) is 0 Å². The molecule has 0 saturated heterocycles. The van der Waals surface area contributed by atoms with Gasteiger partial charge in [0.2, 0.25) is 0 Å². The Kier molecular flexibility index (Phi) is 1.63. The summed E-state index contributed by atoms with van der Waals surface area (Å²) in [7, 11) is 0. The SMILES string of the molecule is c1cc(-n2cc3c(n2)CNCC3)[nH]n1. The van der Waals surface area contributed by atoms with E-state index in [1.807, 2.05) is 10.7 Å². The smallest absolute Gasteiger partial charge is 0.149 e. The lowest BCUT2D eigenvalue weighted by Gasteiger charge is -2.09. The fraction of sp³-hybridized carbons (Fsp3) is 0.333. The number of hydrogen-bond acceptors (Lipinski definition) is 3. The number of aromatic amines is 1. The first-order valence-corrected chi connectivity index (χ1v) is 4.71. The monoisotopic (exact) mass is 189 g/mol. The summed E-state index contributed by atoms with van der Waals surface area (Å²) in [6, 6.07) is 1.91. The highest BCUT2D eigenvalue weighted by Gasteiger charge is 2.13. The van der Waals surface area contributed by atoms with E-state index in [-0.39, 0.29) is 0 Å². The van der Waals surface area contributed by atoms with Crippen molar-refractivity contribution in [3.05, 3.63) is 29.7 Å². The standard InChI is InChI=1S/C9H11N5/c1-3-10-5-8-7(1)6-14(13-8)9-2-4-11-12-9/h2,4,6,10H,1,3,5H2,(H,11,12). The molecule has 0 saturated carbocycles. The van der Waals surface area contributed by atoms with E-state index in [9.17, 15) is 0 Å². The van der Waals surface area contributed by atoms with Gasteiger partial charge in [-0.25, -0.2) is 4.68 Å². The van der Waals surface area contributed by atoms with Crippen LogP contribution in [0.2, 0.25) is 0 Å². The van der Waals surface area contributed by atoms with Crippen LogP contribution < -0.4 is 5.32 Å². The van der Waals surface area contributed by atoms with E-state index in [2.05, 4.69) is 26.8 Å². The number of nitrogens with zero attached hydrogens (tertiary/aromatic N) is 3. The summed E-state index contributed by atoms with van der Waals surface area (Å²) in [5, 5.41) is 14.6. The Morgan fingerprint density at radius 3 is 3.21 bits per heavy atom. The highest BCUT2D eigenvalue weighted by atomic mass is 15.3. The first-order chi connectivity index (χ1) is 6.93. The lowest BCUT2D eigenvalue weighted by Crippen LogP contribution is -2.22. The topological polar surface area (TPSA) is 58.5 Å². The number of fused-ring (bicyclic) bond motifs is 1. The molecule has 0 aliphatic carbocycles. The Hall–Kier alpha value is -1.62.